The van der Waals surface area contributed by atoms with E-state index < -0.39 is 12.0 Å². The summed E-state index contributed by atoms with van der Waals surface area (Å²) in [4.78, 5) is 13.2. The van der Waals surface area contributed by atoms with Gasteiger partial charge in [-0.05, 0) is 12.1 Å². The molecule has 0 spiro atoms. The van der Waals surface area contributed by atoms with Crippen molar-refractivity contribution in [1.29, 1.82) is 0 Å². The fraction of sp³-hybridized carbons (Fsp3) is 0.333. The SMILES string of the molecule is O=C(O)[C@H]1COCCN1Cc1cnn(-c2ccccc2Cl)c1. The number of aliphatic carboxylic acids is 1. The molecule has 0 unspecified atom stereocenters. The molecular weight excluding hydrogens is 306 g/mol. The van der Waals surface area contributed by atoms with Gasteiger partial charge in [0.25, 0.3) is 0 Å². The lowest BCUT2D eigenvalue weighted by molar-refractivity contribution is -0.150. The molecule has 7 heteroatoms. The van der Waals surface area contributed by atoms with Crippen LogP contribution in [0.4, 0.5) is 0 Å². The monoisotopic (exact) mass is 321 g/mol. The highest BCUT2D eigenvalue weighted by Gasteiger charge is 2.29. The minimum absolute atomic E-state index is 0.216. The molecule has 0 saturated carbocycles. The second-order valence-electron chi connectivity index (χ2n) is 5.14. The normalized spacial score (nSPS) is 19.2. The van der Waals surface area contributed by atoms with E-state index in [2.05, 4.69) is 5.10 Å². The van der Waals surface area contributed by atoms with E-state index in [1.807, 2.05) is 29.3 Å². The maximum atomic E-state index is 11.3. The third-order valence-corrected chi connectivity index (χ3v) is 3.97. The molecule has 1 aliphatic heterocycles. The van der Waals surface area contributed by atoms with Crippen LogP contribution in [-0.2, 0) is 16.1 Å². The Morgan fingerprint density at radius 3 is 3.05 bits per heavy atom. The minimum Gasteiger partial charge on any atom is -0.480 e. The summed E-state index contributed by atoms with van der Waals surface area (Å²) < 4.78 is 6.94. The average molecular weight is 322 g/mol. The van der Waals surface area contributed by atoms with E-state index in [1.54, 1.807) is 16.9 Å². The summed E-state index contributed by atoms with van der Waals surface area (Å²) >= 11 is 6.16. The molecule has 2 heterocycles. The first-order valence-corrected chi connectivity index (χ1v) is 7.36. The number of carboxylic acids is 1. The minimum atomic E-state index is -0.863. The molecule has 1 fully saturated rings. The molecule has 0 amide bonds. The second-order valence-corrected chi connectivity index (χ2v) is 5.55. The van der Waals surface area contributed by atoms with Gasteiger partial charge in [-0.2, -0.15) is 5.10 Å². The van der Waals surface area contributed by atoms with Crippen molar-refractivity contribution in [1.82, 2.24) is 14.7 Å². The van der Waals surface area contributed by atoms with Crippen LogP contribution in [0.5, 0.6) is 0 Å². The van der Waals surface area contributed by atoms with Gasteiger partial charge in [0.1, 0.15) is 6.04 Å². The predicted octanol–water partition coefficient (Wildman–Crippen LogP) is 1.81. The van der Waals surface area contributed by atoms with Gasteiger partial charge < -0.3 is 9.84 Å². The number of halogens is 1. The highest BCUT2D eigenvalue weighted by molar-refractivity contribution is 6.32. The van der Waals surface area contributed by atoms with Crippen molar-refractivity contribution < 1.29 is 14.6 Å². The zero-order valence-corrected chi connectivity index (χ0v) is 12.6. The number of rotatable bonds is 4. The first-order chi connectivity index (χ1) is 10.6. The fourth-order valence-corrected chi connectivity index (χ4v) is 2.72. The third-order valence-electron chi connectivity index (χ3n) is 3.65. The largest absolute Gasteiger partial charge is 0.480 e. The first-order valence-electron chi connectivity index (χ1n) is 6.98. The van der Waals surface area contributed by atoms with Crippen LogP contribution in [0.25, 0.3) is 5.69 Å². The van der Waals surface area contributed by atoms with Crippen molar-refractivity contribution in [2.75, 3.05) is 19.8 Å². The van der Waals surface area contributed by atoms with Gasteiger partial charge in [-0.25, -0.2) is 4.68 Å². The number of hydrogen-bond donors (Lipinski definition) is 1. The zero-order chi connectivity index (χ0) is 15.5. The smallest absolute Gasteiger partial charge is 0.323 e. The molecule has 0 radical (unpaired) electrons. The lowest BCUT2D eigenvalue weighted by atomic mass is 10.2. The highest BCUT2D eigenvalue weighted by Crippen LogP contribution is 2.20. The van der Waals surface area contributed by atoms with E-state index in [9.17, 15) is 9.90 Å². The molecule has 2 aromatic rings. The number of carbonyl (C=O) groups is 1. The Bertz CT molecular complexity index is 674. The molecule has 1 saturated heterocycles. The van der Waals surface area contributed by atoms with Gasteiger partial charge in [0.15, 0.2) is 0 Å². The van der Waals surface area contributed by atoms with Gasteiger partial charge in [0, 0.05) is 24.8 Å². The molecule has 0 aliphatic carbocycles. The third kappa shape index (κ3) is 3.14. The number of ether oxygens (including phenoxy) is 1. The lowest BCUT2D eigenvalue weighted by Crippen LogP contribution is -2.49. The molecule has 0 bridgehead atoms. The van der Waals surface area contributed by atoms with E-state index in [0.29, 0.717) is 24.7 Å². The number of carboxylic acid groups (broad SMARTS) is 1. The van der Waals surface area contributed by atoms with Gasteiger partial charge in [0.2, 0.25) is 0 Å². The summed E-state index contributed by atoms with van der Waals surface area (Å²) in [6, 6.07) is 6.83. The Hall–Kier alpha value is -1.89. The average Bonchev–Trinajstić information content (AvgIpc) is 2.96. The molecule has 22 heavy (non-hydrogen) atoms. The molecule has 1 atom stereocenters. The van der Waals surface area contributed by atoms with Crippen molar-refractivity contribution in [3.63, 3.8) is 0 Å². The van der Waals surface area contributed by atoms with Gasteiger partial charge in [-0.1, -0.05) is 23.7 Å². The summed E-state index contributed by atoms with van der Waals surface area (Å²) in [6.07, 6.45) is 3.60. The van der Waals surface area contributed by atoms with Gasteiger partial charge in [-0.3, -0.25) is 9.69 Å². The van der Waals surface area contributed by atoms with Crippen molar-refractivity contribution in [2.24, 2.45) is 0 Å². The second kappa shape index (κ2) is 6.48. The van der Waals surface area contributed by atoms with Crippen molar-refractivity contribution in [3.05, 3.63) is 47.2 Å². The summed E-state index contributed by atoms with van der Waals surface area (Å²) in [5, 5.41) is 14.2. The van der Waals surface area contributed by atoms with Crippen LogP contribution in [0.15, 0.2) is 36.7 Å². The molecule has 1 N–H and O–H groups in total. The van der Waals surface area contributed by atoms with E-state index in [-0.39, 0.29) is 6.61 Å². The molecule has 116 valence electrons. The summed E-state index contributed by atoms with van der Waals surface area (Å²) in [6.45, 7) is 1.87. The predicted molar refractivity (Wildman–Crippen MR) is 81.2 cm³/mol. The Labute approximate surface area is 132 Å². The van der Waals surface area contributed by atoms with Crippen molar-refractivity contribution >= 4 is 17.6 Å². The quantitative estimate of drug-likeness (QED) is 0.930. The topological polar surface area (TPSA) is 67.6 Å². The van der Waals surface area contributed by atoms with Crippen molar-refractivity contribution in [3.8, 4) is 5.69 Å². The summed E-state index contributed by atoms with van der Waals surface area (Å²) in [5.74, 6) is -0.863. The molecule has 1 aliphatic rings. The Morgan fingerprint density at radius 1 is 1.45 bits per heavy atom. The number of benzene rings is 1. The van der Waals surface area contributed by atoms with Gasteiger partial charge in [-0.15, -0.1) is 0 Å². The van der Waals surface area contributed by atoms with E-state index in [4.69, 9.17) is 16.3 Å². The number of aromatic nitrogens is 2. The van der Waals surface area contributed by atoms with Crippen LogP contribution in [0.1, 0.15) is 5.56 Å². The first kappa shape index (κ1) is 15.0. The van der Waals surface area contributed by atoms with Crippen molar-refractivity contribution in [2.45, 2.75) is 12.6 Å². The molecular formula is C15H16ClN3O3. The van der Waals surface area contributed by atoms with Gasteiger partial charge in [0.05, 0.1) is 30.1 Å². The number of hydrogen-bond acceptors (Lipinski definition) is 4. The Morgan fingerprint density at radius 2 is 2.27 bits per heavy atom. The van der Waals surface area contributed by atoms with Gasteiger partial charge >= 0.3 is 5.97 Å². The molecule has 6 nitrogen and oxygen atoms in total. The molecule has 3 rings (SSSR count). The van der Waals surface area contributed by atoms with Crippen LogP contribution in [0, 0.1) is 0 Å². The number of morpholine rings is 1. The molecule has 1 aromatic carbocycles. The van der Waals surface area contributed by atoms with E-state index in [0.717, 1.165) is 11.3 Å². The lowest BCUT2D eigenvalue weighted by Gasteiger charge is -2.32. The standard InChI is InChI=1S/C15H16ClN3O3/c16-12-3-1-2-4-13(12)19-9-11(7-17-19)8-18-5-6-22-10-14(18)15(20)21/h1-4,7,9,14H,5-6,8,10H2,(H,20,21)/t14-/m1/s1. The zero-order valence-electron chi connectivity index (χ0n) is 11.9. The molecule has 1 aromatic heterocycles. The maximum absolute atomic E-state index is 11.3. The van der Waals surface area contributed by atoms with E-state index in [1.165, 1.54) is 0 Å². The van der Waals surface area contributed by atoms with E-state index >= 15 is 0 Å². The summed E-state index contributed by atoms with van der Waals surface area (Å²) in [7, 11) is 0. The maximum Gasteiger partial charge on any atom is 0.323 e. The van der Waals surface area contributed by atoms with Crippen LogP contribution in [0.2, 0.25) is 5.02 Å². The van der Waals surface area contributed by atoms with Crippen LogP contribution in [-0.4, -0.2) is 51.6 Å². The number of para-hydroxylation sites is 1. The Kier molecular flexibility index (Phi) is 4.42. The van der Waals surface area contributed by atoms with Crippen LogP contribution < -0.4 is 0 Å². The summed E-state index contributed by atoms with van der Waals surface area (Å²) in [5.41, 5.74) is 1.74. The fourth-order valence-electron chi connectivity index (χ4n) is 2.50. The van der Waals surface area contributed by atoms with Crippen LogP contribution >= 0.6 is 11.6 Å². The Balaban J connectivity index is 1.77. The highest BCUT2D eigenvalue weighted by atomic mass is 35.5. The van der Waals surface area contributed by atoms with Crippen LogP contribution in [0.3, 0.4) is 0 Å². The number of nitrogens with zero attached hydrogens (tertiary/aromatic N) is 3.